The number of benzene rings is 2. The molecule has 0 fully saturated rings. The molecule has 0 amide bonds. The molecule has 0 bridgehead atoms. The molecule has 0 aliphatic carbocycles. The summed E-state index contributed by atoms with van der Waals surface area (Å²) in [4.78, 5) is 7.63. The van der Waals surface area contributed by atoms with E-state index in [9.17, 15) is 5.11 Å². The molecule has 0 saturated carbocycles. The third kappa shape index (κ3) is 1.39. The van der Waals surface area contributed by atoms with Crippen molar-refractivity contribution in [1.29, 1.82) is 0 Å². The number of para-hydroxylation sites is 1. The molecule has 2 N–H and O–H groups in total. The largest absolute Gasteiger partial charge is 0.392 e. The van der Waals surface area contributed by atoms with Crippen LogP contribution in [-0.2, 0) is 6.61 Å². The van der Waals surface area contributed by atoms with Crippen LogP contribution in [0.3, 0.4) is 0 Å². The summed E-state index contributed by atoms with van der Waals surface area (Å²) in [6.07, 6.45) is 3.67. The quantitative estimate of drug-likeness (QED) is 0.542. The Morgan fingerprint density at radius 3 is 2.89 bits per heavy atom. The summed E-state index contributed by atoms with van der Waals surface area (Å²) in [5.74, 6) is 0. The van der Waals surface area contributed by atoms with Gasteiger partial charge in [-0.3, -0.25) is 4.98 Å². The van der Waals surface area contributed by atoms with Crippen LogP contribution < -0.4 is 0 Å². The van der Waals surface area contributed by atoms with Crippen LogP contribution >= 0.6 is 0 Å². The maximum absolute atomic E-state index is 9.58. The molecule has 0 saturated heterocycles. The lowest BCUT2D eigenvalue weighted by molar-refractivity contribution is 0.283. The number of H-pyrrole nitrogens is 1. The minimum atomic E-state index is 0.0293. The molecular weight excluding hydrogens is 236 g/mol. The van der Waals surface area contributed by atoms with Crippen LogP contribution in [0.4, 0.5) is 0 Å². The highest BCUT2D eigenvalue weighted by molar-refractivity contribution is 6.20. The second kappa shape index (κ2) is 3.80. The Bertz CT molecular complexity index is 908. The first-order chi connectivity index (χ1) is 9.38. The fourth-order valence-corrected chi connectivity index (χ4v) is 2.79. The third-order valence-corrected chi connectivity index (χ3v) is 3.65. The summed E-state index contributed by atoms with van der Waals surface area (Å²) >= 11 is 0. The van der Waals surface area contributed by atoms with Gasteiger partial charge in [-0.25, -0.2) is 0 Å². The predicted octanol–water partition coefficient (Wildman–Crippen LogP) is 3.36. The van der Waals surface area contributed by atoms with Crippen LogP contribution in [0.1, 0.15) is 5.56 Å². The topological polar surface area (TPSA) is 48.9 Å². The average molecular weight is 248 g/mol. The number of fused-ring (bicyclic) bond motifs is 5. The highest BCUT2D eigenvalue weighted by Crippen LogP contribution is 2.34. The van der Waals surface area contributed by atoms with Gasteiger partial charge in [0.1, 0.15) is 0 Å². The number of aromatic amines is 1. The zero-order chi connectivity index (χ0) is 12.8. The molecule has 0 aliphatic heterocycles. The molecule has 0 aliphatic rings. The number of hydrogen-bond acceptors (Lipinski definition) is 2. The van der Waals surface area contributed by atoms with Crippen molar-refractivity contribution >= 4 is 32.6 Å². The first-order valence-electron chi connectivity index (χ1n) is 6.25. The smallest absolute Gasteiger partial charge is 0.0702 e. The number of aliphatic hydroxyl groups is 1. The van der Waals surface area contributed by atoms with Crippen molar-refractivity contribution in [2.75, 3.05) is 0 Å². The minimum Gasteiger partial charge on any atom is -0.392 e. The van der Waals surface area contributed by atoms with Gasteiger partial charge in [0.25, 0.3) is 0 Å². The van der Waals surface area contributed by atoms with Gasteiger partial charge in [-0.1, -0.05) is 18.2 Å². The number of pyridine rings is 1. The van der Waals surface area contributed by atoms with Crippen LogP contribution in [0.5, 0.6) is 0 Å². The van der Waals surface area contributed by atoms with Gasteiger partial charge in [-0.15, -0.1) is 0 Å². The van der Waals surface area contributed by atoms with Gasteiger partial charge in [0.15, 0.2) is 0 Å². The van der Waals surface area contributed by atoms with E-state index in [1.54, 1.807) is 6.20 Å². The number of rotatable bonds is 1. The van der Waals surface area contributed by atoms with Crippen LogP contribution in [0.2, 0.25) is 0 Å². The zero-order valence-corrected chi connectivity index (χ0v) is 10.2. The van der Waals surface area contributed by atoms with E-state index in [4.69, 9.17) is 0 Å². The summed E-state index contributed by atoms with van der Waals surface area (Å²) < 4.78 is 0. The lowest BCUT2D eigenvalue weighted by Crippen LogP contribution is -1.87. The van der Waals surface area contributed by atoms with Crippen molar-refractivity contribution in [3.05, 3.63) is 54.4 Å². The van der Waals surface area contributed by atoms with E-state index < -0.39 is 0 Å². The molecule has 19 heavy (non-hydrogen) atoms. The molecular formula is C16H12N2O. The molecule has 2 aromatic carbocycles. The number of nitrogens with one attached hydrogen (secondary N) is 1. The van der Waals surface area contributed by atoms with Crippen LogP contribution in [0.15, 0.2) is 48.8 Å². The van der Waals surface area contributed by atoms with Gasteiger partial charge in [0.05, 0.1) is 12.1 Å². The molecule has 92 valence electrons. The van der Waals surface area contributed by atoms with Gasteiger partial charge in [-0.2, -0.15) is 0 Å². The van der Waals surface area contributed by atoms with Gasteiger partial charge < -0.3 is 10.1 Å². The van der Waals surface area contributed by atoms with E-state index in [2.05, 4.69) is 22.1 Å². The van der Waals surface area contributed by atoms with Gasteiger partial charge in [0.2, 0.25) is 0 Å². The maximum atomic E-state index is 9.58. The normalized spacial score (nSPS) is 11.6. The summed E-state index contributed by atoms with van der Waals surface area (Å²) in [6.45, 7) is 0.0293. The Hall–Kier alpha value is -2.39. The molecule has 0 radical (unpaired) electrons. The standard InChI is InChI=1S/C16H12N2O/c19-9-11-7-10-5-6-17-8-13(10)15-12-3-1-2-4-14(12)18-16(11)15/h1-8,18-19H,9H2. The molecule has 4 rings (SSSR count). The van der Waals surface area contributed by atoms with Crippen molar-refractivity contribution in [2.45, 2.75) is 6.61 Å². The average Bonchev–Trinajstić information content (AvgIpc) is 2.86. The molecule has 0 atom stereocenters. The van der Waals surface area contributed by atoms with Crippen LogP contribution in [0, 0.1) is 0 Å². The summed E-state index contributed by atoms with van der Waals surface area (Å²) in [5.41, 5.74) is 3.01. The van der Waals surface area contributed by atoms with E-state index in [1.807, 2.05) is 30.5 Å². The Balaban J connectivity index is 2.36. The molecule has 3 nitrogen and oxygen atoms in total. The van der Waals surface area contributed by atoms with Crippen molar-refractivity contribution in [2.24, 2.45) is 0 Å². The van der Waals surface area contributed by atoms with Crippen molar-refractivity contribution in [1.82, 2.24) is 9.97 Å². The fourth-order valence-electron chi connectivity index (χ4n) is 2.79. The van der Waals surface area contributed by atoms with E-state index in [-0.39, 0.29) is 6.61 Å². The maximum Gasteiger partial charge on any atom is 0.0702 e. The number of aromatic nitrogens is 2. The summed E-state index contributed by atoms with van der Waals surface area (Å²) in [7, 11) is 0. The Morgan fingerprint density at radius 1 is 1.11 bits per heavy atom. The zero-order valence-electron chi connectivity index (χ0n) is 10.2. The molecule has 2 aromatic heterocycles. The first-order valence-corrected chi connectivity index (χ1v) is 6.25. The Kier molecular flexibility index (Phi) is 2.11. The van der Waals surface area contributed by atoms with Gasteiger partial charge in [0, 0.05) is 39.6 Å². The summed E-state index contributed by atoms with van der Waals surface area (Å²) in [6, 6.07) is 12.2. The fraction of sp³-hybridized carbons (Fsp3) is 0.0625. The molecule has 0 spiro atoms. The van der Waals surface area contributed by atoms with E-state index in [0.29, 0.717) is 0 Å². The molecule has 4 aromatic rings. The Morgan fingerprint density at radius 2 is 2.00 bits per heavy atom. The lowest BCUT2D eigenvalue weighted by Gasteiger charge is -2.04. The van der Waals surface area contributed by atoms with Gasteiger partial charge in [-0.05, 0) is 23.6 Å². The number of aliphatic hydroxyl groups excluding tert-OH is 1. The van der Waals surface area contributed by atoms with Crippen LogP contribution in [-0.4, -0.2) is 15.1 Å². The van der Waals surface area contributed by atoms with Crippen molar-refractivity contribution < 1.29 is 5.11 Å². The highest BCUT2D eigenvalue weighted by Gasteiger charge is 2.11. The summed E-state index contributed by atoms with van der Waals surface area (Å²) in [5, 5.41) is 14.1. The van der Waals surface area contributed by atoms with Crippen molar-refractivity contribution in [3.8, 4) is 0 Å². The third-order valence-electron chi connectivity index (χ3n) is 3.65. The van der Waals surface area contributed by atoms with Gasteiger partial charge >= 0.3 is 0 Å². The lowest BCUT2D eigenvalue weighted by atomic mass is 10.0. The van der Waals surface area contributed by atoms with E-state index >= 15 is 0 Å². The number of hydrogen-bond donors (Lipinski definition) is 2. The highest BCUT2D eigenvalue weighted by atomic mass is 16.3. The van der Waals surface area contributed by atoms with Crippen LogP contribution in [0.25, 0.3) is 32.6 Å². The monoisotopic (exact) mass is 248 g/mol. The second-order valence-electron chi connectivity index (χ2n) is 4.71. The predicted molar refractivity (Wildman–Crippen MR) is 77.0 cm³/mol. The van der Waals surface area contributed by atoms with E-state index in [1.165, 1.54) is 5.39 Å². The SMILES string of the molecule is OCc1cc2ccncc2c2c1[nH]c1ccccc12. The Labute approximate surface area is 109 Å². The van der Waals surface area contributed by atoms with E-state index in [0.717, 1.165) is 32.8 Å². The van der Waals surface area contributed by atoms with Crippen molar-refractivity contribution in [3.63, 3.8) is 0 Å². The minimum absolute atomic E-state index is 0.0293. The second-order valence-corrected chi connectivity index (χ2v) is 4.71. The molecule has 0 unspecified atom stereocenters. The number of nitrogens with zero attached hydrogens (tertiary/aromatic N) is 1. The molecule has 3 heteroatoms. The first kappa shape index (κ1) is 10.5. The molecule has 2 heterocycles.